The van der Waals surface area contributed by atoms with Crippen molar-refractivity contribution in [1.29, 1.82) is 0 Å². The number of ether oxygens (including phenoxy) is 2. The van der Waals surface area contributed by atoms with Crippen molar-refractivity contribution in [3.8, 4) is 11.5 Å². The molecule has 1 aromatic carbocycles. The van der Waals surface area contributed by atoms with E-state index >= 15 is 0 Å². The molecule has 0 spiro atoms. The fourth-order valence-corrected chi connectivity index (χ4v) is 5.62. The second-order valence-electron chi connectivity index (χ2n) is 11.2. The number of hydrogen-bond acceptors (Lipinski definition) is 6. The summed E-state index contributed by atoms with van der Waals surface area (Å²) in [5, 5.41) is 11.9. The van der Waals surface area contributed by atoms with Gasteiger partial charge in [0.2, 0.25) is 6.79 Å². The van der Waals surface area contributed by atoms with Crippen LogP contribution in [0.25, 0.3) is 0 Å². The number of hydrogen-bond donors (Lipinski definition) is 1. The smallest absolute Gasteiger partial charge is 0.308 e. The van der Waals surface area contributed by atoms with Gasteiger partial charge in [0.15, 0.2) is 11.5 Å². The average Bonchev–Trinajstić information content (AvgIpc) is 3.42. The minimum atomic E-state index is -0.847. The van der Waals surface area contributed by atoms with Crippen LogP contribution in [0, 0.1) is 11.3 Å². The van der Waals surface area contributed by atoms with Gasteiger partial charge in [-0.1, -0.05) is 51.8 Å². The average molecular weight is 517 g/mol. The molecule has 1 saturated heterocycles. The second-order valence-corrected chi connectivity index (χ2v) is 11.2. The lowest BCUT2D eigenvalue weighted by Gasteiger charge is -2.34. The number of allylic oxidation sites excluding steroid dienone is 2. The highest BCUT2D eigenvalue weighted by atomic mass is 16.7. The summed E-state index contributed by atoms with van der Waals surface area (Å²) in [6.45, 7) is 14.2. The van der Waals surface area contributed by atoms with E-state index < -0.39 is 11.9 Å². The summed E-state index contributed by atoms with van der Waals surface area (Å²) in [7, 11) is 0. The number of fused-ring (bicyclic) bond motifs is 1. The Morgan fingerprint density at radius 2 is 1.92 bits per heavy atom. The van der Waals surface area contributed by atoms with Gasteiger partial charge in [-0.2, -0.15) is 0 Å². The molecule has 3 rings (SSSR count). The summed E-state index contributed by atoms with van der Waals surface area (Å²) in [5.41, 5.74) is 1.84. The molecule has 1 N–H and O–H groups in total. The van der Waals surface area contributed by atoms with Gasteiger partial charge < -0.3 is 14.6 Å². The predicted molar refractivity (Wildman–Crippen MR) is 142 cm³/mol. The van der Waals surface area contributed by atoms with E-state index in [0.717, 1.165) is 24.8 Å². The number of amides is 1. The Bertz CT molecular complexity index is 963. The van der Waals surface area contributed by atoms with Gasteiger partial charge in [0, 0.05) is 25.0 Å². The zero-order chi connectivity index (χ0) is 27.2. The van der Waals surface area contributed by atoms with Gasteiger partial charge in [-0.05, 0) is 56.2 Å². The van der Waals surface area contributed by atoms with Crippen LogP contribution in [0.4, 0.5) is 0 Å². The first-order chi connectivity index (χ1) is 17.6. The van der Waals surface area contributed by atoms with Gasteiger partial charge in [0.25, 0.3) is 5.91 Å². The van der Waals surface area contributed by atoms with Crippen LogP contribution in [-0.4, -0.2) is 66.0 Å². The first-order valence-corrected chi connectivity index (χ1v) is 13.5. The molecule has 1 fully saturated rings. The zero-order valence-electron chi connectivity index (χ0n) is 23.3. The highest BCUT2D eigenvalue weighted by Gasteiger charge is 2.48. The van der Waals surface area contributed by atoms with Crippen molar-refractivity contribution in [1.82, 2.24) is 9.96 Å². The topological polar surface area (TPSA) is 88.5 Å². The Morgan fingerprint density at radius 1 is 1.19 bits per heavy atom. The van der Waals surface area contributed by atoms with Crippen molar-refractivity contribution >= 4 is 11.9 Å². The normalized spacial score (nSPS) is 21.2. The molecule has 206 valence electrons. The van der Waals surface area contributed by atoms with Gasteiger partial charge in [-0.25, -0.2) is 5.06 Å². The molecular formula is C29H44N2O6. The van der Waals surface area contributed by atoms with E-state index in [0.29, 0.717) is 37.6 Å². The lowest BCUT2D eigenvalue weighted by molar-refractivity contribution is -0.188. The molecular weight excluding hydrogens is 472 g/mol. The Kier molecular flexibility index (Phi) is 10.0. The Labute approximate surface area is 221 Å². The molecule has 8 heteroatoms. The molecule has 0 aromatic heterocycles. The monoisotopic (exact) mass is 516 g/mol. The molecule has 1 aromatic rings. The van der Waals surface area contributed by atoms with Crippen LogP contribution in [0.1, 0.15) is 78.7 Å². The third-order valence-electron chi connectivity index (χ3n) is 7.06. The standard InChI is InChI=1S/C29H44N2O6/c1-7-9-12-31(37-13-8-2)26(32)18-30-17-22(21-10-11-24-25(14-21)36-19-35-24)27(28(33)34)23(30)16-29(5,6)15-20(3)4/h10-11,14-15,22-23,27H,7-9,12-13,16-19H2,1-6H3,(H,33,34). The summed E-state index contributed by atoms with van der Waals surface area (Å²) in [4.78, 5) is 34.1. The van der Waals surface area contributed by atoms with Gasteiger partial charge >= 0.3 is 5.97 Å². The second kappa shape index (κ2) is 12.8. The summed E-state index contributed by atoms with van der Waals surface area (Å²) in [5.74, 6) is -0.618. The molecule has 2 heterocycles. The molecule has 0 saturated carbocycles. The van der Waals surface area contributed by atoms with Crippen LogP contribution in [0.3, 0.4) is 0 Å². The lowest BCUT2D eigenvalue weighted by Crippen LogP contribution is -2.45. The third-order valence-corrected chi connectivity index (χ3v) is 7.06. The van der Waals surface area contributed by atoms with E-state index in [1.807, 2.05) is 25.1 Å². The third kappa shape index (κ3) is 7.48. The molecule has 0 radical (unpaired) electrons. The summed E-state index contributed by atoms with van der Waals surface area (Å²) >= 11 is 0. The number of carboxylic acid groups (broad SMARTS) is 1. The minimum absolute atomic E-state index is 0.119. The predicted octanol–water partition coefficient (Wildman–Crippen LogP) is 5.24. The summed E-state index contributed by atoms with van der Waals surface area (Å²) < 4.78 is 11.0. The van der Waals surface area contributed by atoms with Crippen LogP contribution < -0.4 is 9.47 Å². The van der Waals surface area contributed by atoms with Crippen molar-refractivity contribution in [2.24, 2.45) is 11.3 Å². The van der Waals surface area contributed by atoms with E-state index in [1.165, 1.54) is 10.6 Å². The number of rotatable bonds is 13. The van der Waals surface area contributed by atoms with Crippen LogP contribution in [0.2, 0.25) is 0 Å². The number of likely N-dealkylation sites (tertiary alicyclic amines) is 1. The molecule has 3 unspecified atom stereocenters. The molecule has 0 aliphatic carbocycles. The number of unbranched alkanes of at least 4 members (excludes halogenated alkanes) is 1. The number of benzene rings is 1. The highest BCUT2D eigenvalue weighted by molar-refractivity contribution is 5.78. The summed E-state index contributed by atoms with van der Waals surface area (Å²) in [6, 6.07) is 5.35. The first-order valence-electron chi connectivity index (χ1n) is 13.5. The maximum Gasteiger partial charge on any atom is 0.308 e. The molecule has 0 bridgehead atoms. The molecule has 8 nitrogen and oxygen atoms in total. The van der Waals surface area contributed by atoms with Gasteiger partial charge in [-0.3, -0.25) is 19.3 Å². The Morgan fingerprint density at radius 3 is 2.57 bits per heavy atom. The van der Waals surface area contributed by atoms with Crippen molar-refractivity contribution in [3.05, 3.63) is 35.4 Å². The van der Waals surface area contributed by atoms with Crippen LogP contribution in [0.5, 0.6) is 11.5 Å². The lowest BCUT2D eigenvalue weighted by atomic mass is 9.77. The molecule has 37 heavy (non-hydrogen) atoms. The molecule has 2 aliphatic heterocycles. The van der Waals surface area contributed by atoms with Crippen molar-refractivity contribution < 1.29 is 29.0 Å². The van der Waals surface area contributed by atoms with Gasteiger partial charge in [0.05, 0.1) is 19.1 Å². The van der Waals surface area contributed by atoms with Crippen LogP contribution in [-0.2, 0) is 14.4 Å². The number of nitrogens with zero attached hydrogens (tertiary/aromatic N) is 2. The van der Waals surface area contributed by atoms with Gasteiger partial charge in [0.1, 0.15) is 0 Å². The molecule has 2 aliphatic rings. The quantitative estimate of drug-likeness (QED) is 0.283. The number of aliphatic carboxylic acids is 1. The van der Waals surface area contributed by atoms with Crippen molar-refractivity contribution in [2.75, 3.05) is 33.0 Å². The van der Waals surface area contributed by atoms with E-state index in [-0.39, 0.29) is 36.6 Å². The SMILES string of the molecule is CCCCN(OCCC)C(=O)CN1CC(c2ccc3c(c2)OCO3)C(C(=O)O)C1CC(C)(C)C=C(C)C. The fourth-order valence-electron chi connectivity index (χ4n) is 5.62. The van der Waals surface area contributed by atoms with Crippen LogP contribution in [0.15, 0.2) is 29.8 Å². The van der Waals surface area contributed by atoms with Gasteiger partial charge in [-0.15, -0.1) is 0 Å². The molecule has 3 atom stereocenters. The first kappa shape index (κ1) is 29.0. The zero-order valence-corrected chi connectivity index (χ0v) is 23.3. The summed E-state index contributed by atoms with van der Waals surface area (Å²) in [6.07, 6.45) is 5.43. The number of carbonyl (C=O) groups excluding carboxylic acids is 1. The van der Waals surface area contributed by atoms with E-state index in [4.69, 9.17) is 14.3 Å². The van der Waals surface area contributed by atoms with Crippen molar-refractivity contribution in [3.63, 3.8) is 0 Å². The van der Waals surface area contributed by atoms with E-state index in [9.17, 15) is 14.7 Å². The number of carboxylic acids is 1. The Hall–Kier alpha value is -2.58. The van der Waals surface area contributed by atoms with E-state index in [1.54, 1.807) is 0 Å². The fraction of sp³-hybridized carbons (Fsp3) is 0.655. The highest BCUT2D eigenvalue weighted by Crippen LogP contribution is 2.45. The largest absolute Gasteiger partial charge is 0.481 e. The molecule has 1 amide bonds. The van der Waals surface area contributed by atoms with E-state index in [2.05, 4.69) is 45.6 Å². The maximum absolute atomic E-state index is 13.4. The number of carbonyl (C=O) groups is 2. The van der Waals surface area contributed by atoms with Crippen LogP contribution >= 0.6 is 0 Å². The maximum atomic E-state index is 13.4. The minimum Gasteiger partial charge on any atom is -0.481 e. The number of hydroxylamine groups is 2. The van der Waals surface area contributed by atoms with Crippen molar-refractivity contribution in [2.45, 2.75) is 79.2 Å². The Balaban J connectivity index is 1.93.